The fourth-order valence-corrected chi connectivity index (χ4v) is 4.58. The molecule has 3 heterocycles. The van der Waals surface area contributed by atoms with Gasteiger partial charge in [-0.1, -0.05) is 0 Å². The summed E-state index contributed by atoms with van der Waals surface area (Å²) in [7, 11) is 0. The molecule has 0 spiro atoms. The van der Waals surface area contributed by atoms with Crippen molar-refractivity contribution in [3.8, 4) is 0 Å². The predicted octanol–water partition coefficient (Wildman–Crippen LogP) is 0.212. The van der Waals surface area contributed by atoms with Gasteiger partial charge < -0.3 is 35.3 Å². The summed E-state index contributed by atoms with van der Waals surface area (Å²) in [5.41, 5.74) is 6.36. The number of hydrogen-bond acceptors (Lipinski definition) is 10. The molecule has 5 atom stereocenters. The van der Waals surface area contributed by atoms with Gasteiger partial charge in [-0.05, 0) is 32.1 Å². The van der Waals surface area contributed by atoms with E-state index in [1.54, 1.807) is 30.7 Å². The van der Waals surface area contributed by atoms with Crippen molar-refractivity contribution in [1.82, 2.24) is 19.9 Å². The van der Waals surface area contributed by atoms with Crippen molar-refractivity contribution in [2.24, 2.45) is 0 Å². The quantitative estimate of drug-likeness (QED) is 0.296. The Morgan fingerprint density at radius 2 is 2.09 bits per heavy atom. The molecule has 11 nitrogen and oxygen atoms in total. The topological polar surface area (TPSA) is 162 Å². The SMILES string of the molecule is CC(=O)NC(CCSC[C@H]1O[C@@H](n2ccc3c(N)ncnc32)[C@H](O)[C@@H]1O)C(=O)OC(C)C. The maximum Gasteiger partial charge on any atom is 0.328 e. The largest absolute Gasteiger partial charge is 0.461 e. The van der Waals surface area contributed by atoms with Crippen LogP contribution in [0.1, 0.15) is 33.4 Å². The molecule has 32 heavy (non-hydrogen) atoms. The van der Waals surface area contributed by atoms with Gasteiger partial charge in [0, 0.05) is 18.9 Å². The maximum absolute atomic E-state index is 12.2. The Morgan fingerprint density at radius 1 is 1.34 bits per heavy atom. The number of esters is 1. The standard InChI is InChI=1S/C20H29N5O6S/c1-10(2)30-20(29)13(24-11(3)26)5-7-32-8-14-15(27)16(28)19(31-14)25-6-4-12-17(21)22-9-23-18(12)25/h4,6,9-10,13-16,19,27-28H,5,7-8H2,1-3H3,(H,24,26)(H2,21,22,23)/t13?,14-,15-,16-,19-/m1/s1. The average molecular weight is 468 g/mol. The summed E-state index contributed by atoms with van der Waals surface area (Å²) in [5, 5.41) is 24.3. The van der Waals surface area contributed by atoms with Crippen molar-refractivity contribution < 1.29 is 29.3 Å². The van der Waals surface area contributed by atoms with Crippen LogP contribution in [-0.2, 0) is 19.1 Å². The number of nitrogen functional groups attached to an aromatic ring is 1. The number of amides is 1. The molecule has 1 aliphatic rings. The smallest absolute Gasteiger partial charge is 0.328 e. The summed E-state index contributed by atoms with van der Waals surface area (Å²) in [4.78, 5) is 31.7. The number of hydrogen-bond donors (Lipinski definition) is 4. The first kappa shape index (κ1) is 24.2. The third kappa shape index (κ3) is 5.49. The second kappa shape index (κ2) is 10.5. The molecule has 1 aliphatic heterocycles. The molecule has 0 saturated carbocycles. The highest BCUT2D eigenvalue weighted by Crippen LogP contribution is 2.34. The minimum absolute atomic E-state index is 0.280. The molecule has 1 unspecified atom stereocenters. The summed E-state index contributed by atoms with van der Waals surface area (Å²) in [6.45, 7) is 4.83. The van der Waals surface area contributed by atoms with Gasteiger partial charge in [0.15, 0.2) is 6.23 Å². The van der Waals surface area contributed by atoms with E-state index in [1.807, 2.05) is 0 Å². The van der Waals surface area contributed by atoms with Crippen LogP contribution in [0.2, 0.25) is 0 Å². The Kier molecular flexibility index (Phi) is 7.93. The number of ether oxygens (including phenoxy) is 2. The third-order valence-corrected chi connectivity index (χ3v) is 6.09. The molecule has 0 radical (unpaired) electrons. The molecule has 5 N–H and O–H groups in total. The van der Waals surface area contributed by atoms with Crippen molar-refractivity contribution in [3.05, 3.63) is 18.6 Å². The number of aliphatic hydroxyl groups excluding tert-OH is 2. The van der Waals surface area contributed by atoms with Gasteiger partial charge in [0.2, 0.25) is 5.91 Å². The van der Waals surface area contributed by atoms with Gasteiger partial charge in [-0.2, -0.15) is 11.8 Å². The van der Waals surface area contributed by atoms with Gasteiger partial charge >= 0.3 is 5.97 Å². The van der Waals surface area contributed by atoms with Crippen LogP contribution in [0.25, 0.3) is 11.0 Å². The maximum atomic E-state index is 12.2. The molecule has 0 bridgehead atoms. The molecule has 12 heteroatoms. The first-order valence-corrected chi connectivity index (χ1v) is 11.5. The molecule has 2 aromatic heterocycles. The lowest BCUT2D eigenvalue weighted by Crippen LogP contribution is -2.42. The van der Waals surface area contributed by atoms with Gasteiger partial charge in [0.25, 0.3) is 0 Å². The minimum atomic E-state index is -1.15. The number of rotatable bonds is 9. The van der Waals surface area contributed by atoms with E-state index in [4.69, 9.17) is 15.2 Å². The fraction of sp³-hybridized carbons (Fsp3) is 0.600. The van der Waals surface area contributed by atoms with Crippen LogP contribution in [0.4, 0.5) is 5.82 Å². The van der Waals surface area contributed by atoms with Crippen LogP contribution < -0.4 is 11.1 Å². The number of aromatic nitrogens is 3. The Balaban J connectivity index is 1.57. The van der Waals surface area contributed by atoms with E-state index < -0.39 is 36.6 Å². The molecule has 2 aromatic rings. The normalized spacial score (nSPS) is 24.1. The number of nitrogens with one attached hydrogen (secondary N) is 1. The van der Waals surface area contributed by atoms with Crippen LogP contribution in [0, 0.1) is 0 Å². The molecule has 1 saturated heterocycles. The summed E-state index contributed by atoms with van der Waals surface area (Å²) in [5.74, 6) is 0.422. The molecule has 0 aliphatic carbocycles. The Morgan fingerprint density at radius 3 is 2.78 bits per heavy atom. The Bertz CT molecular complexity index is 954. The highest BCUT2D eigenvalue weighted by molar-refractivity contribution is 7.99. The van der Waals surface area contributed by atoms with E-state index in [0.717, 1.165) is 0 Å². The lowest BCUT2D eigenvalue weighted by molar-refractivity contribution is -0.151. The average Bonchev–Trinajstić information content (AvgIpc) is 3.26. The number of carbonyl (C=O) groups is 2. The van der Waals surface area contributed by atoms with Crippen molar-refractivity contribution in [3.63, 3.8) is 0 Å². The van der Waals surface area contributed by atoms with Gasteiger partial charge in [0.1, 0.15) is 36.0 Å². The zero-order chi connectivity index (χ0) is 23.4. The van der Waals surface area contributed by atoms with E-state index in [-0.39, 0.29) is 12.0 Å². The molecule has 1 amide bonds. The molecule has 3 rings (SSSR count). The monoisotopic (exact) mass is 467 g/mol. The highest BCUT2D eigenvalue weighted by atomic mass is 32.2. The summed E-state index contributed by atoms with van der Waals surface area (Å²) in [6, 6.07) is 0.986. The van der Waals surface area contributed by atoms with Crippen molar-refractivity contribution >= 4 is 40.5 Å². The van der Waals surface area contributed by atoms with Crippen LogP contribution in [-0.4, -0.2) is 78.6 Å². The fourth-order valence-electron chi connectivity index (χ4n) is 3.50. The molecule has 0 aromatic carbocycles. The Labute approximate surface area is 189 Å². The van der Waals surface area contributed by atoms with Gasteiger partial charge in [0.05, 0.1) is 17.6 Å². The second-order valence-electron chi connectivity index (χ2n) is 7.87. The van der Waals surface area contributed by atoms with E-state index >= 15 is 0 Å². The van der Waals surface area contributed by atoms with Crippen LogP contribution in [0.3, 0.4) is 0 Å². The van der Waals surface area contributed by atoms with E-state index in [1.165, 1.54) is 25.0 Å². The number of anilines is 1. The second-order valence-corrected chi connectivity index (χ2v) is 9.02. The van der Waals surface area contributed by atoms with Crippen LogP contribution in [0.15, 0.2) is 18.6 Å². The molecule has 176 valence electrons. The van der Waals surface area contributed by atoms with Crippen molar-refractivity contribution in [1.29, 1.82) is 0 Å². The first-order valence-electron chi connectivity index (χ1n) is 10.3. The number of nitrogens with two attached hydrogens (primary N) is 1. The van der Waals surface area contributed by atoms with E-state index in [9.17, 15) is 19.8 Å². The molecular weight excluding hydrogens is 438 g/mol. The van der Waals surface area contributed by atoms with E-state index in [2.05, 4.69) is 15.3 Å². The zero-order valence-electron chi connectivity index (χ0n) is 18.2. The van der Waals surface area contributed by atoms with Gasteiger partial charge in [-0.25, -0.2) is 14.8 Å². The first-order chi connectivity index (χ1) is 15.2. The van der Waals surface area contributed by atoms with Crippen molar-refractivity contribution in [2.75, 3.05) is 17.2 Å². The summed E-state index contributed by atoms with van der Waals surface area (Å²) < 4.78 is 12.7. The number of carbonyl (C=O) groups excluding carboxylic acids is 2. The summed E-state index contributed by atoms with van der Waals surface area (Å²) >= 11 is 1.44. The predicted molar refractivity (Wildman–Crippen MR) is 119 cm³/mol. The lowest BCUT2D eigenvalue weighted by Gasteiger charge is -2.19. The number of thioether (sulfide) groups is 1. The Hall–Kier alpha value is -2.41. The number of aliphatic hydroxyl groups is 2. The highest BCUT2D eigenvalue weighted by Gasteiger charge is 2.44. The molecular formula is C20H29N5O6S. The van der Waals surface area contributed by atoms with Gasteiger partial charge in [-0.15, -0.1) is 0 Å². The van der Waals surface area contributed by atoms with Crippen LogP contribution >= 0.6 is 11.8 Å². The summed E-state index contributed by atoms with van der Waals surface area (Å²) in [6.07, 6.45) is -0.601. The minimum Gasteiger partial charge on any atom is -0.461 e. The van der Waals surface area contributed by atoms with Crippen LogP contribution in [0.5, 0.6) is 0 Å². The van der Waals surface area contributed by atoms with Gasteiger partial charge in [-0.3, -0.25) is 4.79 Å². The molecule has 1 fully saturated rings. The third-order valence-electron chi connectivity index (χ3n) is 5.00. The lowest BCUT2D eigenvalue weighted by atomic mass is 10.1. The number of fused-ring (bicyclic) bond motifs is 1. The van der Waals surface area contributed by atoms with Crippen molar-refractivity contribution in [2.45, 2.75) is 63.9 Å². The zero-order valence-corrected chi connectivity index (χ0v) is 19.0. The van der Waals surface area contributed by atoms with E-state index in [0.29, 0.717) is 34.8 Å². The number of nitrogens with zero attached hydrogens (tertiary/aromatic N) is 3.